The van der Waals surface area contributed by atoms with Crippen molar-refractivity contribution in [3.8, 4) is 10.4 Å². The quantitative estimate of drug-likeness (QED) is 0.737. The standard InChI is InChI=1S/C19H19N3OS/c1-13-7-14(2)9-15(8-13)10-17(23)11-21-19-18(24-12-22-19)16-3-5-20-6-4-16/h3-9,12,21H,10-11H2,1-2H3. The number of Topliss-reactive ketones (excluding diaryl/α,β-unsaturated/α-hetero) is 1. The van der Waals surface area contributed by atoms with Crippen LogP contribution < -0.4 is 5.32 Å². The summed E-state index contributed by atoms with van der Waals surface area (Å²) in [4.78, 5) is 21.7. The van der Waals surface area contributed by atoms with E-state index in [2.05, 4.69) is 47.3 Å². The molecule has 1 N–H and O–H groups in total. The van der Waals surface area contributed by atoms with Gasteiger partial charge in [0, 0.05) is 18.8 Å². The molecule has 5 heteroatoms. The third-order valence-electron chi connectivity index (χ3n) is 3.65. The van der Waals surface area contributed by atoms with Crippen molar-refractivity contribution in [1.29, 1.82) is 0 Å². The Morgan fingerprint density at radius 2 is 1.83 bits per heavy atom. The monoisotopic (exact) mass is 337 g/mol. The van der Waals surface area contributed by atoms with E-state index in [0.717, 1.165) is 21.8 Å². The number of anilines is 1. The predicted octanol–water partition coefficient (Wildman–Crippen LogP) is 4.05. The Hall–Kier alpha value is -2.53. The minimum absolute atomic E-state index is 0.147. The lowest BCUT2D eigenvalue weighted by molar-refractivity contribution is -0.116. The van der Waals surface area contributed by atoms with Crippen molar-refractivity contribution in [3.63, 3.8) is 0 Å². The van der Waals surface area contributed by atoms with Crippen LogP contribution in [-0.2, 0) is 11.2 Å². The predicted molar refractivity (Wildman–Crippen MR) is 98.5 cm³/mol. The number of hydrogen-bond donors (Lipinski definition) is 1. The second kappa shape index (κ2) is 7.36. The van der Waals surface area contributed by atoms with Crippen LogP contribution in [0.1, 0.15) is 16.7 Å². The number of aryl methyl sites for hydroxylation is 2. The largest absolute Gasteiger partial charge is 0.362 e. The number of carbonyl (C=O) groups is 1. The van der Waals surface area contributed by atoms with Crippen molar-refractivity contribution in [2.45, 2.75) is 20.3 Å². The van der Waals surface area contributed by atoms with E-state index in [4.69, 9.17) is 0 Å². The highest BCUT2D eigenvalue weighted by atomic mass is 32.1. The van der Waals surface area contributed by atoms with Gasteiger partial charge in [0.1, 0.15) is 5.82 Å². The summed E-state index contributed by atoms with van der Waals surface area (Å²) < 4.78 is 0. The Balaban J connectivity index is 1.64. The number of rotatable bonds is 6. The molecule has 0 saturated carbocycles. The number of benzene rings is 1. The number of nitrogens with one attached hydrogen (secondary N) is 1. The zero-order valence-electron chi connectivity index (χ0n) is 13.7. The maximum absolute atomic E-state index is 12.3. The van der Waals surface area contributed by atoms with Gasteiger partial charge in [-0.15, -0.1) is 11.3 Å². The van der Waals surface area contributed by atoms with Crippen LogP contribution in [0.5, 0.6) is 0 Å². The average Bonchev–Trinajstić information content (AvgIpc) is 3.01. The number of nitrogens with zero attached hydrogens (tertiary/aromatic N) is 2. The molecular formula is C19H19N3OS. The normalized spacial score (nSPS) is 10.6. The fourth-order valence-electron chi connectivity index (χ4n) is 2.72. The lowest BCUT2D eigenvalue weighted by Crippen LogP contribution is -2.16. The van der Waals surface area contributed by atoms with Crippen molar-refractivity contribution >= 4 is 22.9 Å². The molecule has 0 unspecified atom stereocenters. The Labute approximate surface area is 145 Å². The van der Waals surface area contributed by atoms with Gasteiger partial charge in [-0.25, -0.2) is 4.98 Å². The Bertz CT molecular complexity index is 823. The fourth-order valence-corrected chi connectivity index (χ4v) is 3.50. The zero-order chi connectivity index (χ0) is 16.9. The van der Waals surface area contributed by atoms with Gasteiger partial charge in [-0.2, -0.15) is 0 Å². The molecule has 24 heavy (non-hydrogen) atoms. The van der Waals surface area contributed by atoms with Gasteiger partial charge < -0.3 is 5.32 Å². The van der Waals surface area contributed by atoms with E-state index in [1.807, 2.05) is 12.1 Å². The van der Waals surface area contributed by atoms with Gasteiger partial charge >= 0.3 is 0 Å². The number of hydrogen-bond acceptors (Lipinski definition) is 5. The smallest absolute Gasteiger partial charge is 0.156 e. The summed E-state index contributed by atoms with van der Waals surface area (Å²) in [5.74, 6) is 0.897. The molecule has 0 aliphatic carbocycles. The Morgan fingerprint density at radius 3 is 2.54 bits per heavy atom. The first kappa shape index (κ1) is 16.3. The zero-order valence-corrected chi connectivity index (χ0v) is 14.6. The molecule has 0 spiro atoms. The van der Waals surface area contributed by atoms with Crippen molar-refractivity contribution in [2.75, 3.05) is 11.9 Å². The highest BCUT2D eigenvalue weighted by molar-refractivity contribution is 7.13. The average molecular weight is 337 g/mol. The number of pyridine rings is 1. The van der Waals surface area contributed by atoms with Gasteiger partial charge in [0.2, 0.25) is 0 Å². The molecule has 0 atom stereocenters. The van der Waals surface area contributed by atoms with Gasteiger partial charge in [0.25, 0.3) is 0 Å². The highest BCUT2D eigenvalue weighted by Gasteiger charge is 2.10. The first-order valence-corrected chi connectivity index (χ1v) is 8.66. The lowest BCUT2D eigenvalue weighted by atomic mass is 10.0. The van der Waals surface area contributed by atoms with Crippen LogP contribution in [0, 0.1) is 13.8 Å². The molecule has 0 radical (unpaired) electrons. The summed E-state index contributed by atoms with van der Waals surface area (Å²) in [5.41, 5.74) is 6.27. The minimum Gasteiger partial charge on any atom is -0.362 e. The van der Waals surface area contributed by atoms with Crippen LogP contribution in [0.3, 0.4) is 0 Å². The van der Waals surface area contributed by atoms with E-state index >= 15 is 0 Å². The van der Waals surface area contributed by atoms with E-state index in [9.17, 15) is 4.79 Å². The first-order chi connectivity index (χ1) is 11.6. The third-order valence-corrected chi connectivity index (χ3v) is 4.52. The molecule has 0 saturated heterocycles. The maximum Gasteiger partial charge on any atom is 0.156 e. The number of carbonyl (C=O) groups excluding carboxylic acids is 1. The fraction of sp³-hybridized carbons (Fsp3) is 0.211. The summed E-state index contributed by atoms with van der Waals surface area (Å²) in [6, 6.07) is 10.1. The molecule has 0 amide bonds. The highest BCUT2D eigenvalue weighted by Crippen LogP contribution is 2.30. The van der Waals surface area contributed by atoms with Crippen LogP contribution >= 0.6 is 11.3 Å². The van der Waals surface area contributed by atoms with E-state index in [1.54, 1.807) is 29.2 Å². The van der Waals surface area contributed by atoms with Crippen LogP contribution in [0.25, 0.3) is 10.4 Å². The summed E-state index contributed by atoms with van der Waals surface area (Å²) in [6.45, 7) is 4.37. The van der Waals surface area contributed by atoms with Crippen LogP contribution in [-0.4, -0.2) is 22.3 Å². The molecule has 0 bridgehead atoms. The molecule has 3 aromatic rings. The summed E-state index contributed by atoms with van der Waals surface area (Å²) in [5, 5.41) is 3.17. The number of ketones is 1. The Morgan fingerprint density at radius 1 is 1.12 bits per heavy atom. The number of thiazole rings is 1. The molecule has 122 valence electrons. The number of aromatic nitrogens is 2. The van der Waals surface area contributed by atoms with Crippen molar-refractivity contribution in [2.24, 2.45) is 0 Å². The molecule has 0 aliphatic heterocycles. The van der Waals surface area contributed by atoms with E-state index in [1.165, 1.54) is 11.1 Å². The topological polar surface area (TPSA) is 54.9 Å². The summed E-state index contributed by atoms with van der Waals surface area (Å²) in [7, 11) is 0. The van der Waals surface area contributed by atoms with E-state index < -0.39 is 0 Å². The first-order valence-electron chi connectivity index (χ1n) is 7.78. The molecule has 0 aliphatic rings. The SMILES string of the molecule is Cc1cc(C)cc(CC(=O)CNc2ncsc2-c2ccncc2)c1. The van der Waals surface area contributed by atoms with Gasteiger partial charge in [-0.05, 0) is 37.1 Å². The lowest BCUT2D eigenvalue weighted by Gasteiger charge is -2.07. The second-order valence-electron chi connectivity index (χ2n) is 5.83. The molecule has 3 rings (SSSR count). The molecule has 0 fully saturated rings. The molecule has 2 heterocycles. The molecular weight excluding hydrogens is 318 g/mol. The van der Waals surface area contributed by atoms with Crippen molar-refractivity contribution < 1.29 is 4.79 Å². The van der Waals surface area contributed by atoms with Crippen LogP contribution in [0.4, 0.5) is 5.82 Å². The van der Waals surface area contributed by atoms with Crippen molar-refractivity contribution in [1.82, 2.24) is 9.97 Å². The summed E-state index contributed by atoms with van der Waals surface area (Å²) >= 11 is 1.55. The third kappa shape index (κ3) is 4.06. The van der Waals surface area contributed by atoms with Gasteiger partial charge in [-0.3, -0.25) is 9.78 Å². The van der Waals surface area contributed by atoms with Crippen LogP contribution in [0.15, 0.2) is 48.2 Å². The van der Waals surface area contributed by atoms with Gasteiger partial charge in [-0.1, -0.05) is 29.3 Å². The van der Waals surface area contributed by atoms with Gasteiger partial charge in [0.15, 0.2) is 5.78 Å². The molecule has 1 aromatic carbocycles. The van der Waals surface area contributed by atoms with E-state index in [0.29, 0.717) is 6.42 Å². The summed E-state index contributed by atoms with van der Waals surface area (Å²) in [6.07, 6.45) is 3.94. The second-order valence-corrected chi connectivity index (χ2v) is 6.69. The van der Waals surface area contributed by atoms with Crippen molar-refractivity contribution in [3.05, 3.63) is 64.9 Å². The minimum atomic E-state index is 0.147. The van der Waals surface area contributed by atoms with E-state index in [-0.39, 0.29) is 12.3 Å². The van der Waals surface area contributed by atoms with Gasteiger partial charge in [0.05, 0.1) is 16.9 Å². The Kier molecular flexibility index (Phi) is 5.01. The van der Waals surface area contributed by atoms with Crippen LogP contribution in [0.2, 0.25) is 0 Å². The molecule has 4 nitrogen and oxygen atoms in total. The maximum atomic E-state index is 12.3. The molecule has 2 aromatic heterocycles.